The second-order valence-electron chi connectivity index (χ2n) is 9.30. The third-order valence-electron chi connectivity index (χ3n) is 6.18. The van der Waals surface area contributed by atoms with Gasteiger partial charge in [0.25, 0.3) is 6.43 Å². The van der Waals surface area contributed by atoms with E-state index in [0.29, 0.717) is 35.6 Å². The van der Waals surface area contributed by atoms with Crippen LogP contribution in [0.25, 0.3) is 28.1 Å². The van der Waals surface area contributed by atoms with Gasteiger partial charge in [-0.25, -0.2) is 21.9 Å². The molecule has 0 aliphatic heterocycles. The van der Waals surface area contributed by atoms with E-state index in [0.717, 1.165) is 17.4 Å². The molecule has 3 aromatic carbocycles. The number of alkyl halides is 2. The second-order valence-corrected chi connectivity index (χ2v) is 11.3. The number of sulfone groups is 1. The zero-order chi connectivity index (χ0) is 29.0. The Balaban J connectivity index is 1.88. The summed E-state index contributed by atoms with van der Waals surface area (Å²) >= 11 is 0. The van der Waals surface area contributed by atoms with Crippen LogP contribution < -0.4 is 10.6 Å². The van der Waals surface area contributed by atoms with Crippen molar-refractivity contribution >= 4 is 21.7 Å². The fourth-order valence-corrected chi connectivity index (χ4v) is 4.81. The van der Waals surface area contributed by atoms with Crippen LogP contribution in [0.3, 0.4) is 0 Å². The van der Waals surface area contributed by atoms with Crippen molar-refractivity contribution in [3.8, 4) is 28.1 Å². The monoisotopic (exact) mass is 566 g/mol. The number of carbonyl (C=O) groups is 2. The predicted octanol–water partition coefficient (Wildman–Crippen LogP) is 4.82. The summed E-state index contributed by atoms with van der Waals surface area (Å²) < 4.78 is 54.4. The van der Waals surface area contributed by atoms with Crippen molar-refractivity contribution in [1.82, 2.24) is 20.4 Å². The van der Waals surface area contributed by atoms with Gasteiger partial charge in [-0.05, 0) is 41.0 Å². The minimum atomic E-state index is -3.47. The van der Waals surface area contributed by atoms with Gasteiger partial charge in [0, 0.05) is 44.3 Å². The van der Waals surface area contributed by atoms with Crippen molar-refractivity contribution in [2.75, 3.05) is 6.26 Å². The van der Waals surface area contributed by atoms with Gasteiger partial charge in [0.2, 0.25) is 11.8 Å². The van der Waals surface area contributed by atoms with Crippen molar-refractivity contribution in [2.45, 2.75) is 38.3 Å². The third kappa shape index (κ3) is 6.60. The molecule has 2 amide bonds. The van der Waals surface area contributed by atoms with Crippen molar-refractivity contribution in [2.24, 2.45) is 0 Å². The summed E-state index contributed by atoms with van der Waals surface area (Å²) in [6.45, 7) is 3.43. The van der Waals surface area contributed by atoms with Crippen molar-refractivity contribution in [3.05, 3.63) is 89.6 Å². The Kier molecular flexibility index (Phi) is 8.43. The molecule has 1 heterocycles. The van der Waals surface area contributed by atoms with Crippen LogP contribution in [0.1, 0.15) is 37.1 Å². The lowest BCUT2D eigenvalue weighted by molar-refractivity contribution is -0.120. The number of benzene rings is 3. The van der Waals surface area contributed by atoms with Gasteiger partial charge in [-0.15, -0.1) is 0 Å². The lowest BCUT2D eigenvalue weighted by Crippen LogP contribution is -2.18. The largest absolute Gasteiger partial charge is 0.352 e. The van der Waals surface area contributed by atoms with Crippen molar-refractivity contribution in [1.29, 1.82) is 0 Å². The number of halogens is 2. The summed E-state index contributed by atoms with van der Waals surface area (Å²) in [5, 5.41) is 9.73. The van der Waals surface area contributed by atoms with Crippen LogP contribution in [0.15, 0.2) is 77.7 Å². The van der Waals surface area contributed by atoms with Crippen LogP contribution in [-0.4, -0.2) is 36.3 Å². The van der Waals surface area contributed by atoms with E-state index >= 15 is 0 Å². The zero-order valence-corrected chi connectivity index (χ0v) is 22.9. The normalized spacial score (nSPS) is 11.4. The minimum Gasteiger partial charge on any atom is -0.352 e. The highest BCUT2D eigenvalue weighted by atomic mass is 32.2. The molecule has 0 atom stereocenters. The highest BCUT2D eigenvalue weighted by molar-refractivity contribution is 7.90. The van der Waals surface area contributed by atoms with Gasteiger partial charge in [0.05, 0.1) is 16.3 Å². The summed E-state index contributed by atoms with van der Waals surface area (Å²) in [5.41, 5.74) is 3.22. The smallest absolute Gasteiger partial charge is 0.282 e. The molecule has 0 saturated heterocycles. The maximum atomic E-state index is 14.4. The second kappa shape index (κ2) is 11.8. The first-order valence-corrected chi connectivity index (χ1v) is 14.2. The molecule has 0 fully saturated rings. The molecular weight excluding hydrogens is 538 g/mol. The van der Waals surface area contributed by atoms with Crippen LogP contribution in [0.2, 0.25) is 0 Å². The molecule has 0 aliphatic rings. The highest BCUT2D eigenvalue weighted by Gasteiger charge is 2.27. The zero-order valence-electron chi connectivity index (χ0n) is 22.1. The lowest BCUT2D eigenvalue weighted by Gasteiger charge is -2.13. The molecule has 208 valence electrons. The van der Waals surface area contributed by atoms with E-state index in [-0.39, 0.29) is 22.3 Å². The van der Waals surface area contributed by atoms with Crippen molar-refractivity contribution < 1.29 is 26.8 Å². The molecule has 0 bridgehead atoms. The van der Waals surface area contributed by atoms with E-state index in [1.807, 2.05) is 0 Å². The summed E-state index contributed by atoms with van der Waals surface area (Å²) in [6.07, 6.45) is -1.80. The Morgan fingerprint density at radius 2 is 1.27 bits per heavy atom. The molecule has 0 radical (unpaired) electrons. The fraction of sp³-hybridized carbons (Fsp3) is 0.207. The minimum absolute atomic E-state index is 0.0996. The molecule has 11 heteroatoms. The van der Waals surface area contributed by atoms with Gasteiger partial charge in [0.15, 0.2) is 9.84 Å². The van der Waals surface area contributed by atoms with Crippen LogP contribution in [0, 0.1) is 0 Å². The molecule has 4 aromatic rings. The van der Waals surface area contributed by atoms with Gasteiger partial charge in [-0.3, -0.25) is 9.59 Å². The highest BCUT2D eigenvalue weighted by Crippen LogP contribution is 2.40. The average Bonchev–Trinajstić information content (AvgIpc) is 3.32. The maximum Gasteiger partial charge on any atom is 0.282 e. The fourth-order valence-electron chi connectivity index (χ4n) is 4.18. The summed E-state index contributed by atoms with van der Waals surface area (Å²) in [6, 6.07) is 19.8. The lowest BCUT2D eigenvalue weighted by atomic mass is 9.97. The van der Waals surface area contributed by atoms with Gasteiger partial charge in [-0.1, -0.05) is 48.5 Å². The quantitative estimate of drug-likeness (QED) is 0.302. The Morgan fingerprint density at radius 1 is 0.800 bits per heavy atom. The summed E-state index contributed by atoms with van der Waals surface area (Å²) in [4.78, 5) is 22.6. The third-order valence-corrected chi connectivity index (χ3v) is 7.31. The van der Waals surface area contributed by atoms with E-state index < -0.39 is 22.0 Å². The number of carbonyl (C=O) groups excluding carboxylic acids is 2. The topological polar surface area (TPSA) is 110 Å². The average molecular weight is 567 g/mol. The van der Waals surface area contributed by atoms with Crippen LogP contribution >= 0.6 is 0 Å². The molecule has 0 spiro atoms. The first kappa shape index (κ1) is 28.6. The summed E-state index contributed by atoms with van der Waals surface area (Å²) in [7, 11) is -3.47. The molecule has 0 aliphatic carbocycles. The molecule has 40 heavy (non-hydrogen) atoms. The molecular formula is C29H28F2N4O4S. The number of nitrogens with zero attached hydrogens (tertiary/aromatic N) is 2. The van der Waals surface area contributed by atoms with E-state index in [9.17, 15) is 26.8 Å². The molecule has 1 aromatic heterocycles. The van der Waals surface area contributed by atoms with Gasteiger partial charge >= 0.3 is 0 Å². The number of hydrogen-bond acceptors (Lipinski definition) is 5. The van der Waals surface area contributed by atoms with Gasteiger partial charge in [-0.2, -0.15) is 5.10 Å². The Labute approximate surface area is 231 Å². The molecule has 2 N–H and O–H groups in total. The van der Waals surface area contributed by atoms with Crippen LogP contribution in [0.4, 0.5) is 8.78 Å². The van der Waals surface area contributed by atoms with Crippen LogP contribution in [0.5, 0.6) is 0 Å². The van der Waals surface area contributed by atoms with E-state index in [1.165, 1.54) is 30.7 Å². The first-order chi connectivity index (χ1) is 18.9. The molecule has 0 unspecified atom stereocenters. The van der Waals surface area contributed by atoms with E-state index in [4.69, 9.17) is 0 Å². The Bertz CT molecular complexity index is 1630. The van der Waals surface area contributed by atoms with E-state index in [1.54, 1.807) is 60.7 Å². The number of hydrogen-bond donors (Lipinski definition) is 2. The van der Waals surface area contributed by atoms with Gasteiger partial charge in [0.1, 0.15) is 5.69 Å². The number of rotatable bonds is 9. The molecule has 4 rings (SSSR count). The molecule has 0 saturated carbocycles. The first-order valence-electron chi connectivity index (χ1n) is 12.3. The SMILES string of the molecule is CC(=O)NCc1ccc(-c2c(C(F)F)nn(-c3ccc(CNC(C)=O)cc3)c2-c2ccc(S(C)(=O)=O)cc2)cc1. The van der Waals surface area contributed by atoms with Crippen LogP contribution in [-0.2, 0) is 32.5 Å². The maximum absolute atomic E-state index is 14.4. The standard InChI is InChI=1S/C29H28F2N4O4S/c1-18(36)32-16-20-4-8-22(9-5-20)26-27(29(30)31)34-35(24-12-6-21(7-13-24)17-33-19(2)37)28(26)23-10-14-25(15-11-23)40(3,38)39/h4-15,29H,16-17H2,1-3H3,(H,32,36)(H,33,37). The Morgan fingerprint density at radius 3 is 1.73 bits per heavy atom. The van der Waals surface area contributed by atoms with E-state index in [2.05, 4.69) is 15.7 Å². The number of amides is 2. The summed E-state index contributed by atoms with van der Waals surface area (Å²) in [5.74, 6) is -0.362. The van der Waals surface area contributed by atoms with Crippen molar-refractivity contribution in [3.63, 3.8) is 0 Å². The number of aromatic nitrogens is 2. The Hall–Kier alpha value is -4.38. The number of nitrogens with one attached hydrogen (secondary N) is 2. The van der Waals surface area contributed by atoms with Gasteiger partial charge < -0.3 is 10.6 Å². The molecule has 8 nitrogen and oxygen atoms in total. The predicted molar refractivity (Wildman–Crippen MR) is 148 cm³/mol.